The third-order valence-corrected chi connectivity index (χ3v) is 5.91. The first kappa shape index (κ1) is 24.5. The molecule has 1 aromatic heterocycles. The van der Waals surface area contributed by atoms with Crippen LogP contribution < -0.4 is 21.3 Å². The molecule has 0 spiro atoms. The molecule has 0 saturated heterocycles. The van der Waals surface area contributed by atoms with Crippen molar-refractivity contribution in [2.45, 2.75) is 52.4 Å². The van der Waals surface area contributed by atoms with Crippen LogP contribution in [-0.4, -0.2) is 48.0 Å². The summed E-state index contributed by atoms with van der Waals surface area (Å²) in [7, 11) is 0. The number of nitrogens with zero attached hydrogens (tertiary/aromatic N) is 2. The third-order valence-electron chi connectivity index (χ3n) is 5.91. The highest BCUT2D eigenvalue weighted by atomic mass is 16.2. The fourth-order valence-electron chi connectivity index (χ4n) is 4.11. The van der Waals surface area contributed by atoms with Crippen LogP contribution in [-0.2, 0) is 9.59 Å². The second-order valence-electron chi connectivity index (χ2n) is 8.63. The van der Waals surface area contributed by atoms with Crippen molar-refractivity contribution in [2.75, 3.05) is 36.8 Å². The monoisotopic (exact) mass is 452 g/mol. The van der Waals surface area contributed by atoms with Crippen LogP contribution in [0.15, 0.2) is 30.3 Å². The van der Waals surface area contributed by atoms with Crippen LogP contribution >= 0.6 is 0 Å². The lowest BCUT2D eigenvalue weighted by atomic mass is 9.87. The van der Waals surface area contributed by atoms with E-state index in [0.29, 0.717) is 44.3 Å². The number of carbonyl (C=O) groups excluding carboxylic acids is 2. The first-order valence-corrected chi connectivity index (χ1v) is 12.0. The lowest BCUT2D eigenvalue weighted by Gasteiger charge is -2.21. The molecule has 8 nitrogen and oxygen atoms in total. The Morgan fingerprint density at radius 3 is 2.09 bits per heavy atom. The number of benzene rings is 1. The summed E-state index contributed by atoms with van der Waals surface area (Å²) < 4.78 is 0. The van der Waals surface area contributed by atoms with Crippen molar-refractivity contribution in [2.24, 2.45) is 5.92 Å². The van der Waals surface area contributed by atoms with Crippen LogP contribution in [0.3, 0.4) is 0 Å². The molecule has 0 aliphatic heterocycles. The summed E-state index contributed by atoms with van der Waals surface area (Å²) in [5.41, 5.74) is 1.82. The summed E-state index contributed by atoms with van der Waals surface area (Å²) >= 11 is 0. The standard InChI is InChI=1S/C25H36N6O2/c1-18-23(28-15-13-26-19(2)32)30-25(21-11-7-4-8-12-21)31-24(18)29-16-14-27-22(33)17-20-9-5-3-6-10-20/h4,7-8,11-12,20H,3,5-6,9-10,13-17H2,1-2H3,(H,26,32)(H,27,33)(H2,28,29,30,31). The fraction of sp³-hybridized carbons (Fsp3) is 0.520. The lowest BCUT2D eigenvalue weighted by molar-refractivity contribution is -0.122. The van der Waals surface area contributed by atoms with Gasteiger partial charge in [-0.2, -0.15) is 0 Å². The Labute approximate surface area is 196 Å². The Kier molecular flexibility index (Phi) is 9.47. The van der Waals surface area contributed by atoms with Crippen LogP contribution in [0.2, 0.25) is 0 Å². The number of hydrogen-bond donors (Lipinski definition) is 4. The van der Waals surface area contributed by atoms with E-state index in [9.17, 15) is 9.59 Å². The molecule has 8 heteroatoms. The Bertz CT molecular complexity index is 913. The quantitative estimate of drug-likeness (QED) is 0.389. The van der Waals surface area contributed by atoms with Crippen molar-refractivity contribution in [3.05, 3.63) is 35.9 Å². The van der Waals surface area contributed by atoms with Gasteiger partial charge < -0.3 is 21.3 Å². The highest BCUT2D eigenvalue weighted by molar-refractivity contribution is 5.76. The molecule has 1 aliphatic carbocycles. The van der Waals surface area contributed by atoms with Gasteiger partial charge >= 0.3 is 0 Å². The van der Waals surface area contributed by atoms with Gasteiger partial charge in [0.15, 0.2) is 5.82 Å². The predicted octanol–water partition coefficient (Wildman–Crippen LogP) is 3.50. The second kappa shape index (κ2) is 12.8. The van der Waals surface area contributed by atoms with Crippen LogP contribution in [0.25, 0.3) is 11.4 Å². The maximum Gasteiger partial charge on any atom is 0.220 e. The molecule has 33 heavy (non-hydrogen) atoms. The zero-order chi connectivity index (χ0) is 23.5. The minimum atomic E-state index is -0.0610. The second-order valence-corrected chi connectivity index (χ2v) is 8.63. The fourth-order valence-corrected chi connectivity index (χ4v) is 4.11. The molecule has 2 aromatic rings. The first-order valence-electron chi connectivity index (χ1n) is 12.0. The molecule has 0 atom stereocenters. The molecule has 1 fully saturated rings. The molecule has 0 bridgehead atoms. The van der Waals surface area contributed by atoms with Crippen molar-refractivity contribution < 1.29 is 9.59 Å². The smallest absolute Gasteiger partial charge is 0.220 e. The largest absolute Gasteiger partial charge is 0.368 e. The number of anilines is 2. The van der Waals surface area contributed by atoms with E-state index >= 15 is 0 Å². The van der Waals surface area contributed by atoms with E-state index in [4.69, 9.17) is 9.97 Å². The molecule has 1 aromatic carbocycles. The summed E-state index contributed by atoms with van der Waals surface area (Å²) in [6.45, 7) is 5.64. The molecule has 1 saturated carbocycles. The Morgan fingerprint density at radius 2 is 1.48 bits per heavy atom. The number of nitrogens with one attached hydrogen (secondary N) is 4. The van der Waals surface area contributed by atoms with E-state index in [1.165, 1.54) is 39.0 Å². The van der Waals surface area contributed by atoms with E-state index in [2.05, 4.69) is 21.3 Å². The third kappa shape index (κ3) is 8.04. The number of rotatable bonds is 11. The maximum atomic E-state index is 12.3. The SMILES string of the molecule is CC(=O)NCCNc1nc(-c2ccccc2)nc(NCCNC(=O)CC2CCCCC2)c1C. The van der Waals surface area contributed by atoms with Crippen LogP contribution in [0.4, 0.5) is 11.6 Å². The summed E-state index contributed by atoms with van der Waals surface area (Å²) in [5.74, 6) is 2.68. The van der Waals surface area contributed by atoms with Gasteiger partial charge in [-0.25, -0.2) is 9.97 Å². The van der Waals surface area contributed by atoms with Crippen LogP contribution in [0, 0.1) is 12.8 Å². The van der Waals surface area contributed by atoms with Gasteiger partial charge in [0, 0.05) is 50.7 Å². The molecule has 3 rings (SSSR count). The minimum absolute atomic E-state index is 0.0610. The van der Waals surface area contributed by atoms with E-state index in [1.54, 1.807) is 0 Å². The molecule has 0 unspecified atom stereocenters. The Hall–Kier alpha value is -3.16. The van der Waals surface area contributed by atoms with E-state index in [1.807, 2.05) is 37.3 Å². The molecule has 0 radical (unpaired) electrons. The van der Waals surface area contributed by atoms with Gasteiger partial charge in [0.1, 0.15) is 11.6 Å². The molecule has 4 N–H and O–H groups in total. The van der Waals surface area contributed by atoms with Gasteiger partial charge in [-0.1, -0.05) is 49.6 Å². The van der Waals surface area contributed by atoms with Crippen LogP contribution in [0.1, 0.15) is 51.0 Å². The average molecular weight is 453 g/mol. The molecule has 1 heterocycles. The zero-order valence-electron chi connectivity index (χ0n) is 19.7. The van der Waals surface area contributed by atoms with Gasteiger partial charge in [-0.15, -0.1) is 0 Å². The van der Waals surface area contributed by atoms with Crippen molar-refractivity contribution >= 4 is 23.5 Å². The van der Waals surface area contributed by atoms with Gasteiger partial charge in [-0.05, 0) is 25.7 Å². The van der Waals surface area contributed by atoms with Crippen LogP contribution in [0.5, 0.6) is 0 Å². The van der Waals surface area contributed by atoms with Crippen molar-refractivity contribution in [3.63, 3.8) is 0 Å². The molecule has 178 valence electrons. The van der Waals surface area contributed by atoms with Gasteiger partial charge in [0.25, 0.3) is 0 Å². The van der Waals surface area contributed by atoms with Crippen molar-refractivity contribution in [1.82, 2.24) is 20.6 Å². The first-order chi connectivity index (χ1) is 16.0. The Morgan fingerprint density at radius 1 is 0.879 bits per heavy atom. The molecular weight excluding hydrogens is 416 g/mol. The summed E-state index contributed by atoms with van der Waals surface area (Å²) in [6.07, 6.45) is 6.77. The maximum absolute atomic E-state index is 12.3. The summed E-state index contributed by atoms with van der Waals surface area (Å²) in [4.78, 5) is 32.8. The number of aromatic nitrogens is 2. The van der Waals surface area contributed by atoms with Gasteiger partial charge in [0.05, 0.1) is 0 Å². The number of hydrogen-bond acceptors (Lipinski definition) is 6. The highest BCUT2D eigenvalue weighted by Gasteiger charge is 2.17. The lowest BCUT2D eigenvalue weighted by Crippen LogP contribution is -2.31. The average Bonchev–Trinajstić information content (AvgIpc) is 2.82. The molecule has 1 aliphatic rings. The highest BCUT2D eigenvalue weighted by Crippen LogP contribution is 2.26. The molecular formula is C25H36N6O2. The topological polar surface area (TPSA) is 108 Å². The van der Waals surface area contributed by atoms with Crippen molar-refractivity contribution in [3.8, 4) is 11.4 Å². The molecule has 2 amide bonds. The van der Waals surface area contributed by atoms with E-state index in [0.717, 1.165) is 22.8 Å². The minimum Gasteiger partial charge on any atom is -0.368 e. The van der Waals surface area contributed by atoms with E-state index < -0.39 is 0 Å². The summed E-state index contributed by atoms with van der Waals surface area (Å²) in [5, 5.41) is 12.5. The number of amides is 2. The van der Waals surface area contributed by atoms with Gasteiger partial charge in [-0.3, -0.25) is 9.59 Å². The summed E-state index contributed by atoms with van der Waals surface area (Å²) in [6, 6.07) is 9.82. The van der Waals surface area contributed by atoms with E-state index in [-0.39, 0.29) is 11.8 Å². The van der Waals surface area contributed by atoms with Crippen molar-refractivity contribution in [1.29, 1.82) is 0 Å². The predicted molar refractivity (Wildman–Crippen MR) is 132 cm³/mol. The Balaban J connectivity index is 1.59. The van der Waals surface area contributed by atoms with Gasteiger partial charge in [0.2, 0.25) is 11.8 Å². The number of carbonyl (C=O) groups is 2. The normalized spacial score (nSPS) is 13.9. The zero-order valence-corrected chi connectivity index (χ0v) is 19.7.